The first-order chi connectivity index (χ1) is 9.63. The lowest BCUT2D eigenvalue weighted by atomic mass is 10.2. The van der Waals surface area contributed by atoms with Crippen LogP contribution >= 0.6 is 0 Å². The predicted octanol–water partition coefficient (Wildman–Crippen LogP) is 2.89. The van der Waals surface area contributed by atoms with Crippen molar-refractivity contribution in [2.24, 2.45) is 0 Å². The van der Waals surface area contributed by atoms with Crippen LogP contribution in [-0.2, 0) is 20.9 Å². The Morgan fingerprint density at radius 2 is 1.75 bits per heavy atom. The highest BCUT2D eigenvalue weighted by Crippen LogP contribution is 2.01. The average Bonchev–Trinajstić information content (AvgIpc) is 2.48. The Morgan fingerprint density at radius 1 is 1.15 bits per heavy atom. The second-order valence-electron chi connectivity index (χ2n) is 3.68. The number of rotatable bonds is 5. The summed E-state index contributed by atoms with van der Waals surface area (Å²) in [6.45, 7) is 7.69. The van der Waals surface area contributed by atoms with Gasteiger partial charge in [-0.1, -0.05) is 44.2 Å². The molecular formula is C15H23NO4. The summed E-state index contributed by atoms with van der Waals surface area (Å²) in [4.78, 5) is 22.7. The van der Waals surface area contributed by atoms with Crippen molar-refractivity contribution in [2.75, 3.05) is 6.61 Å². The van der Waals surface area contributed by atoms with Crippen molar-refractivity contribution in [1.82, 2.24) is 5.32 Å². The molecule has 0 radical (unpaired) electrons. The monoisotopic (exact) mass is 281 g/mol. The zero-order valence-electron chi connectivity index (χ0n) is 12.5. The first-order valence-electron chi connectivity index (χ1n) is 6.77. The van der Waals surface area contributed by atoms with E-state index in [0.29, 0.717) is 0 Å². The van der Waals surface area contributed by atoms with Gasteiger partial charge in [0.05, 0.1) is 6.61 Å². The van der Waals surface area contributed by atoms with Crippen molar-refractivity contribution in [3.05, 3.63) is 35.9 Å². The Labute approximate surface area is 120 Å². The summed E-state index contributed by atoms with van der Waals surface area (Å²) in [6.07, 6.45) is -0.623. The Morgan fingerprint density at radius 3 is 2.30 bits per heavy atom. The number of hydrogen-bond acceptors (Lipinski definition) is 4. The molecule has 1 amide bonds. The van der Waals surface area contributed by atoms with Gasteiger partial charge in [0, 0.05) is 0 Å². The van der Waals surface area contributed by atoms with Crippen LogP contribution in [0.2, 0.25) is 0 Å². The minimum absolute atomic E-state index is 0.189. The van der Waals surface area contributed by atoms with Crippen molar-refractivity contribution in [1.29, 1.82) is 0 Å². The summed E-state index contributed by atoms with van der Waals surface area (Å²) in [5.41, 5.74) is 0.897. The quantitative estimate of drug-likeness (QED) is 0.843. The number of esters is 1. The molecule has 0 bridgehead atoms. The fourth-order valence-electron chi connectivity index (χ4n) is 1.26. The van der Waals surface area contributed by atoms with E-state index >= 15 is 0 Å². The van der Waals surface area contributed by atoms with Gasteiger partial charge in [-0.25, -0.2) is 9.59 Å². The fourth-order valence-corrected chi connectivity index (χ4v) is 1.26. The van der Waals surface area contributed by atoms with Crippen LogP contribution in [0.4, 0.5) is 4.79 Å². The van der Waals surface area contributed by atoms with Crippen LogP contribution in [0.5, 0.6) is 0 Å². The molecule has 1 aromatic carbocycles. The number of ether oxygens (including phenoxy) is 2. The maximum absolute atomic E-state index is 11.6. The second kappa shape index (κ2) is 10.8. The maximum atomic E-state index is 11.6. The molecule has 1 aromatic rings. The molecule has 0 aliphatic heterocycles. The lowest BCUT2D eigenvalue weighted by Crippen LogP contribution is -2.39. The Hall–Kier alpha value is -2.04. The number of benzene rings is 1. The summed E-state index contributed by atoms with van der Waals surface area (Å²) in [5.74, 6) is -0.494. The Bertz CT molecular complexity index is 392. The highest BCUT2D eigenvalue weighted by atomic mass is 16.6. The summed E-state index contributed by atoms with van der Waals surface area (Å²) < 4.78 is 9.73. The van der Waals surface area contributed by atoms with E-state index in [9.17, 15) is 9.59 Å². The number of amides is 1. The third-order valence-electron chi connectivity index (χ3n) is 2.19. The van der Waals surface area contributed by atoms with Crippen LogP contribution in [0.3, 0.4) is 0 Å². The summed E-state index contributed by atoms with van der Waals surface area (Å²) in [5, 5.41) is 2.38. The van der Waals surface area contributed by atoms with E-state index in [1.165, 1.54) is 0 Å². The van der Waals surface area contributed by atoms with Crippen LogP contribution in [0, 0.1) is 0 Å². The van der Waals surface area contributed by atoms with E-state index in [4.69, 9.17) is 4.74 Å². The molecular weight excluding hydrogens is 258 g/mol. The smallest absolute Gasteiger partial charge is 0.407 e. The molecule has 0 saturated carbocycles. The first-order valence-corrected chi connectivity index (χ1v) is 6.77. The van der Waals surface area contributed by atoms with Crippen molar-refractivity contribution >= 4 is 12.1 Å². The molecule has 1 unspecified atom stereocenters. The van der Waals surface area contributed by atoms with Gasteiger partial charge in [0.2, 0.25) is 0 Å². The molecule has 0 saturated heterocycles. The number of carbonyl (C=O) groups is 2. The molecule has 112 valence electrons. The van der Waals surface area contributed by atoms with Gasteiger partial charge in [-0.15, -0.1) is 0 Å². The van der Waals surface area contributed by atoms with Gasteiger partial charge in [0.15, 0.2) is 0 Å². The van der Waals surface area contributed by atoms with Crippen molar-refractivity contribution in [2.45, 2.75) is 40.3 Å². The Balaban J connectivity index is 0.00000172. The van der Waals surface area contributed by atoms with Gasteiger partial charge in [-0.05, 0) is 19.4 Å². The van der Waals surface area contributed by atoms with E-state index in [2.05, 4.69) is 10.1 Å². The van der Waals surface area contributed by atoms with E-state index in [-0.39, 0.29) is 13.2 Å². The SMILES string of the molecule is CC.CCOC(=O)NC(C)C(=O)OCc1ccccc1. The lowest BCUT2D eigenvalue weighted by Gasteiger charge is -2.13. The zero-order valence-corrected chi connectivity index (χ0v) is 12.5. The predicted molar refractivity (Wildman–Crippen MR) is 77.2 cm³/mol. The van der Waals surface area contributed by atoms with Crippen LogP contribution in [0.25, 0.3) is 0 Å². The first kappa shape index (κ1) is 18.0. The van der Waals surface area contributed by atoms with Gasteiger partial charge in [0.25, 0.3) is 0 Å². The normalized spacial score (nSPS) is 10.6. The van der Waals surface area contributed by atoms with Crippen LogP contribution in [0.1, 0.15) is 33.3 Å². The molecule has 0 heterocycles. The maximum Gasteiger partial charge on any atom is 0.407 e. The number of hydrogen-bond donors (Lipinski definition) is 1. The summed E-state index contributed by atoms with van der Waals surface area (Å²) >= 11 is 0. The highest BCUT2D eigenvalue weighted by molar-refractivity contribution is 5.80. The molecule has 5 nitrogen and oxygen atoms in total. The molecule has 0 aliphatic rings. The molecule has 0 aliphatic carbocycles. The largest absolute Gasteiger partial charge is 0.459 e. The van der Waals surface area contributed by atoms with Crippen molar-refractivity contribution in [3.63, 3.8) is 0 Å². The van der Waals surface area contributed by atoms with Gasteiger partial charge < -0.3 is 14.8 Å². The molecule has 20 heavy (non-hydrogen) atoms. The summed E-state index contributed by atoms with van der Waals surface area (Å²) in [7, 11) is 0. The minimum atomic E-state index is -0.729. The lowest BCUT2D eigenvalue weighted by molar-refractivity contribution is -0.146. The highest BCUT2D eigenvalue weighted by Gasteiger charge is 2.17. The van der Waals surface area contributed by atoms with E-state index in [1.807, 2.05) is 44.2 Å². The third kappa shape index (κ3) is 7.41. The topological polar surface area (TPSA) is 64.6 Å². The summed E-state index contributed by atoms with van der Waals surface area (Å²) in [6, 6.07) is 8.60. The van der Waals surface area contributed by atoms with E-state index in [1.54, 1.807) is 13.8 Å². The van der Waals surface area contributed by atoms with Crippen LogP contribution in [-0.4, -0.2) is 24.7 Å². The van der Waals surface area contributed by atoms with Crippen LogP contribution in [0.15, 0.2) is 30.3 Å². The number of carbonyl (C=O) groups excluding carboxylic acids is 2. The number of alkyl carbamates (subject to hydrolysis) is 1. The molecule has 1 rings (SSSR count). The average molecular weight is 281 g/mol. The number of nitrogens with one attached hydrogen (secondary N) is 1. The van der Waals surface area contributed by atoms with Crippen LogP contribution < -0.4 is 5.32 Å². The third-order valence-corrected chi connectivity index (χ3v) is 2.19. The Kier molecular flexibility index (Phi) is 9.74. The molecule has 1 N–H and O–H groups in total. The van der Waals surface area contributed by atoms with Gasteiger partial charge >= 0.3 is 12.1 Å². The van der Waals surface area contributed by atoms with Crippen molar-refractivity contribution < 1.29 is 19.1 Å². The molecule has 0 spiro atoms. The molecule has 5 heteroatoms. The molecule has 0 fully saturated rings. The molecule has 1 atom stereocenters. The van der Waals surface area contributed by atoms with E-state index in [0.717, 1.165) is 5.56 Å². The van der Waals surface area contributed by atoms with E-state index < -0.39 is 18.1 Å². The van der Waals surface area contributed by atoms with Gasteiger partial charge in [-0.2, -0.15) is 0 Å². The standard InChI is InChI=1S/C13H17NO4.C2H6/c1-3-17-13(16)14-10(2)12(15)18-9-11-7-5-4-6-8-11;1-2/h4-8,10H,3,9H2,1-2H3,(H,14,16);1-2H3. The van der Waals surface area contributed by atoms with Crippen molar-refractivity contribution in [3.8, 4) is 0 Å². The zero-order chi connectivity index (χ0) is 15.4. The fraction of sp³-hybridized carbons (Fsp3) is 0.467. The van der Waals surface area contributed by atoms with Gasteiger partial charge in [-0.3, -0.25) is 0 Å². The minimum Gasteiger partial charge on any atom is -0.459 e. The van der Waals surface area contributed by atoms with Gasteiger partial charge in [0.1, 0.15) is 12.6 Å². The second-order valence-corrected chi connectivity index (χ2v) is 3.68. The molecule has 0 aromatic heterocycles.